The molecule has 0 radical (unpaired) electrons. The molecule has 0 atom stereocenters. The van der Waals surface area contributed by atoms with Crippen LogP contribution in [0, 0.1) is 0 Å². The van der Waals surface area contributed by atoms with E-state index in [-0.39, 0.29) is 18.0 Å². The van der Waals surface area contributed by atoms with Crippen molar-refractivity contribution in [3.05, 3.63) is 76.8 Å². The lowest BCUT2D eigenvalue weighted by atomic mass is 9.93. The van der Waals surface area contributed by atoms with Crippen LogP contribution in [0.5, 0.6) is 0 Å². The van der Waals surface area contributed by atoms with Gasteiger partial charge in [0.25, 0.3) is 0 Å². The summed E-state index contributed by atoms with van der Waals surface area (Å²) in [6.07, 6.45) is 0. The molecule has 0 fully saturated rings. The number of thiazole rings is 1. The summed E-state index contributed by atoms with van der Waals surface area (Å²) in [6, 6.07) is 19.6. The molecule has 1 aromatic heterocycles. The van der Waals surface area contributed by atoms with E-state index >= 15 is 0 Å². The Balaban J connectivity index is 1.88. The molecule has 3 aromatic rings. The number of carbonyl (C=O) groups is 1. The minimum atomic E-state index is -0.368. The van der Waals surface area contributed by atoms with Crippen LogP contribution in [0.2, 0.25) is 0 Å². The fraction of sp³-hybridized carbons (Fsp3) is 0.238. The number of aromatic nitrogens is 1. The molecule has 0 aliphatic carbocycles. The predicted molar refractivity (Wildman–Crippen MR) is 102 cm³/mol. The number of benzene rings is 2. The lowest BCUT2D eigenvalue weighted by Crippen LogP contribution is -2.16. The number of hydrogen-bond donors (Lipinski definition) is 0. The van der Waals surface area contributed by atoms with E-state index in [0.29, 0.717) is 5.69 Å². The average Bonchev–Trinajstić information content (AvgIpc) is 3.07. The second-order valence-corrected chi connectivity index (χ2v) is 7.87. The van der Waals surface area contributed by atoms with Gasteiger partial charge in [0, 0.05) is 10.4 Å². The highest BCUT2D eigenvalue weighted by atomic mass is 32.1. The Morgan fingerprint density at radius 2 is 1.60 bits per heavy atom. The van der Waals surface area contributed by atoms with E-state index in [1.54, 1.807) is 11.3 Å². The molecule has 3 rings (SSSR count). The second kappa shape index (κ2) is 7.19. The molecule has 0 saturated heterocycles. The van der Waals surface area contributed by atoms with Gasteiger partial charge in [0.1, 0.15) is 11.6 Å². The summed E-state index contributed by atoms with van der Waals surface area (Å²) in [5, 5.41) is 0.845. The number of ether oxygens (including phenoxy) is 1. The molecule has 25 heavy (non-hydrogen) atoms. The van der Waals surface area contributed by atoms with Crippen LogP contribution in [0.1, 0.15) is 41.7 Å². The van der Waals surface area contributed by atoms with Crippen LogP contribution in [0.4, 0.5) is 0 Å². The van der Waals surface area contributed by atoms with Gasteiger partial charge in [-0.15, -0.1) is 11.3 Å². The van der Waals surface area contributed by atoms with Crippen molar-refractivity contribution in [2.75, 3.05) is 0 Å². The minimum Gasteiger partial charge on any atom is -0.456 e. The normalized spacial score (nSPS) is 11.3. The summed E-state index contributed by atoms with van der Waals surface area (Å²) in [6.45, 7) is 6.51. The third kappa shape index (κ3) is 4.15. The van der Waals surface area contributed by atoms with Crippen LogP contribution >= 0.6 is 11.3 Å². The van der Waals surface area contributed by atoms with Gasteiger partial charge >= 0.3 is 5.97 Å². The number of esters is 1. The van der Waals surface area contributed by atoms with Crippen LogP contribution in [0.3, 0.4) is 0 Å². The van der Waals surface area contributed by atoms with E-state index in [1.165, 1.54) is 0 Å². The minimum absolute atomic E-state index is 0.175. The molecule has 2 aromatic carbocycles. The standard InChI is InChI=1S/C21H21NO2S/c1-21(2,3)18-17(20(23)24-14-15-10-6-4-7-11-15)22-19(25-18)16-12-8-5-9-13-16/h4-13H,14H2,1-3H3. The molecule has 0 N–H and O–H groups in total. The summed E-state index contributed by atoms with van der Waals surface area (Å²) in [4.78, 5) is 18.2. The lowest BCUT2D eigenvalue weighted by molar-refractivity contribution is 0.0464. The smallest absolute Gasteiger partial charge is 0.358 e. The fourth-order valence-corrected chi connectivity index (χ4v) is 3.58. The molecular formula is C21H21NO2S. The largest absolute Gasteiger partial charge is 0.456 e. The SMILES string of the molecule is CC(C)(C)c1sc(-c2ccccc2)nc1C(=O)OCc1ccccc1. The zero-order valence-electron chi connectivity index (χ0n) is 14.7. The number of hydrogen-bond acceptors (Lipinski definition) is 4. The summed E-state index contributed by atoms with van der Waals surface area (Å²) in [7, 11) is 0. The van der Waals surface area contributed by atoms with Gasteiger partial charge in [-0.05, 0) is 11.0 Å². The Kier molecular flexibility index (Phi) is 5.00. The molecule has 0 unspecified atom stereocenters. The zero-order valence-corrected chi connectivity index (χ0v) is 15.5. The van der Waals surface area contributed by atoms with Crippen molar-refractivity contribution < 1.29 is 9.53 Å². The first-order chi connectivity index (χ1) is 11.9. The quantitative estimate of drug-likeness (QED) is 0.586. The molecule has 3 nitrogen and oxygen atoms in total. The monoisotopic (exact) mass is 351 g/mol. The summed E-state index contributed by atoms with van der Waals surface area (Å²) < 4.78 is 5.50. The third-order valence-corrected chi connectivity index (χ3v) is 5.27. The van der Waals surface area contributed by atoms with Gasteiger partial charge in [-0.1, -0.05) is 81.4 Å². The Bertz CT molecular complexity index is 849. The Morgan fingerprint density at radius 3 is 2.20 bits per heavy atom. The Labute approximate surface area is 152 Å². The molecule has 0 bridgehead atoms. The van der Waals surface area contributed by atoms with Gasteiger partial charge in [-0.25, -0.2) is 9.78 Å². The highest BCUT2D eigenvalue weighted by Crippen LogP contribution is 2.36. The highest BCUT2D eigenvalue weighted by molar-refractivity contribution is 7.15. The zero-order chi connectivity index (χ0) is 17.9. The maximum absolute atomic E-state index is 12.7. The van der Waals surface area contributed by atoms with Gasteiger partial charge in [0.05, 0.1) is 0 Å². The van der Waals surface area contributed by atoms with Crippen LogP contribution < -0.4 is 0 Å². The van der Waals surface area contributed by atoms with E-state index < -0.39 is 0 Å². The average molecular weight is 351 g/mol. The van der Waals surface area contributed by atoms with Crippen molar-refractivity contribution in [1.29, 1.82) is 0 Å². The molecule has 0 aliphatic heterocycles. The van der Waals surface area contributed by atoms with Crippen LogP contribution in [-0.4, -0.2) is 11.0 Å². The van der Waals surface area contributed by atoms with Gasteiger partial charge < -0.3 is 4.74 Å². The van der Waals surface area contributed by atoms with E-state index in [1.807, 2.05) is 60.7 Å². The third-order valence-electron chi connectivity index (χ3n) is 3.74. The van der Waals surface area contributed by atoms with Gasteiger partial charge in [0.2, 0.25) is 0 Å². The van der Waals surface area contributed by atoms with E-state index in [4.69, 9.17) is 4.74 Å². The van der Waals surface area contributed by atoms with E-state index in [0.717, 1.165) is 21.0 Å². The number of rotatable bonds is 4. The van der Waals surface area contributed by atoms with E-state index in [2.05, 4.69) is 25.8 Å². The molecule has 128 valence electrons. The molecule has 0 aliphatic rings. The second-order valence-electron chi connectivity index (χ2n) is 6.87. The van der Waals surface area contributed by atoms with Crippen LogP contribution in [0.15, 0.2) is 60.7 Å². The van der Waals surface area contributed by atoms with Gasteiger partial charge in [0.15, 0.2) is 5.69 Å². The summed E-state index contributed by atoms with van der Waals surface area (Å²) >= 11 is 1.56. The Morgan fingerprint density at radius 1 is 1.00 bits per heavy atom. The van der Waals surface area contributed by atoms with Crippen LogP contribution in [-0.2, 0) is 16.8 Å². The topological polar surface area (TPSA) is 39.2 Å². The number of nitrogens with zero attached hydrogens (tertiary/aromatic N) is 1. The van der Waals surface area contributed by atoms with Gasteiger partial charge in [-0.3, -0.25) is 0 Å². The molecule has 0 saturated carbocycles. The predicted octanol–water partition coefficient (Wildman–Crippen LogP) is 5.46. The molecule has 1 heterocycles. The maximum atomic E-state index is 12.7. The highest BCUT2D eigenvalue weighted by Gasteiger charge is 2.28. The fourth-order valence-electron chi connectivity index (χ4n) is 2.46. The van der Waals surface area contributed by atoms with Crippen LogP contribution in [0.25, 0.3) is 10.6 Å². The van der Waals surface area contributed by atoms with Gasteiger partial charge in [-0.2, -0.15) is 0 Å². The summed E-state index contributed by atoms with van der Waals surface area (Å²) in [5.74, 6) is -0.368. The molecular weight excluding hydrogens is 330 g/mol. The van der Waals surface area contributed by atoms with Crippen molar-refractivity contribution in [3.63, 3.8) is 0 Å². The molecule has 0 amide bonds. The lowest BCUT2D eigenvalue weighted by Gasteiger charge is -2.17. The van der Waals surface area contributed by atoms with Crippen molar-refractivity contribution in [2.24, 2.45) is 0 Å². The maximum Gasteiger partial charge on any atom is 0.358 e. The van der Waals surface area contributed by atoms with Crippen molar-refractivity contribution in [3.8, 4) is 10.6 Å². The molecule has 0 spiro atoms. The summed E-state index contributed by atoms with van der Waals surface area (Å²) in [5.41, 5.74) is 2.23. The number of carbonyl (C=O) groups excluding carboxylic acids is 1. The van der Waals surface area contributed by atoms with E-state index in [9.17, 15) is 4.79 Å². The van der Waals surface area contributed by atoms with Crippen molar-refractivity contribution in [2.45, 2.75) is 32.8 Å². The van der Waals surface area contributed by atoms with Crippen molar-refractivity contribution >= 4 is 17.3 Å². The molecule has 4 heteroatoms. The first-order valence-corrected chi connectivity index (χ1v) is 9.04. The first kappa shape index (κ1) is 17.4. The first-order valence-electron chi connectivity index (χ1n) is 8.23. The Hall–Kier alpha value is -2.46. The van der Waals surface area contributed by atoms with Crippen molar-refractivity contribution in [1.82, 2.24) is 4.98 Å².